The Morgan fingerprint density at radius 2 is 2.14 bits per heavy atom. The largest absolute Gasteiger partial charge is 0.379 e. The lowest BCUT2D eigenvalue weighted by molar-refractivity contribution is -0.0682. The van der Waals surface area contributed by atoms with Crippen LogP contribution in [0.2, 0.25) is 0 Å². The molecule has 0 bridgehead atoms. The number of benzene rings is 1. The lowest BCUT2D eigenvalue weighted by atomic mass is 9.69. The van der Waals surface area contributed by atoms with Crippen LogP contribution in [-0.2, 0) is 16.6 Å². The van der Waals surface area contributed by atoms with Crippen molar-refractivity contribution in [2.24, 2.45) is 0 Å². The minimum absolute atomic E-state index is 0.383. The van der Waals surface area contributed by atoms with E-state index in [4.69, 9.17) is 4.74 Å². The Morgan fingerprint density at radius 3 is 2.86 bits per heavy atom. The van der Waals surface area contributed by atoms with E-state index >= 15 is 0 Å². The van der Waals surface area contributed by atoms with E-state index in [1.807, 2.05) is 0 Å². The van der Waals surface area contributed by atoms with Gasteiger partial charge in [-0.2, -0.15) is 0 Å². The molecule has 3 rings (SSSR count). The molecule has 2 heteroatoms. The maximum absolute atomic E-state index is 5.39. The van der Waals surface area contributed by atoms with Gasteiger partial charge in [0.2, 0.25) is 0 Å². The monoisotopic (exact) mass is 252 g/mol. The predicted molar refractivity (Wildman–Crippen MR) is 59.6 cm³/mol. The molecule has 2 aliphatic rings. The highest BCUT2D eigenvalue weighted by Crippen LogP contribution is 2.43. The van der Waals surface area contributed by atoms with E-state index in [-0.39, 0.29) is 0 Å². The van der Waals surface area contributed by atoms with E-state index in [0.717, 1.165) is 13.2 Å². The molecule has 0 unspecified atom stereocenters. The van der Waals surface area contributed by atoms with Crippen molar-refractivity contribution in [1.82, 2.24) is 0 Å². The molecule has 74 valence electrons. The van der Waals surface area contributed by atoms with Crippen molar-refractivity contribution in [2.45, 2.75) is 24.7 Å². The Labute approximate surface area is 92.6 Å². The van der Waals surface area contributed by atoms with Crippen molar-refractivity contribution in [2.75, 3.05) is 13.2 Å². The van der Waals surface area contributed by atoms with Crippen molar-refractivity contribution in [3.05, 3.63) is 33.8 Å². The first-order valence-corrected chi connectivity index (χ1v) is 5.96. The van der Waals surface area contributed by atoms with Gasteiger partial charge in [0.25, 0.3) is 0 Å². The molecule has 1 aliphatic carbocycles. The molecule has 0 saturated carbocycles. The Hall–Kier alpha value is -0.340. The van der Waals surface area contributed by atoms with Gasteiger partial charge in [-0.1, -0.05) is 22.0 Å². The molecule has 0 N–H and O–H groups in total. The molecule has 0 atom stereocenters. The SMILES string of the molecule is Brc1ccc2c(c1)CCCC21COC1. The summed E-state index contributed by atoms with van der Waals surface area (Å²) in [7, 11) is 0. The van der Waals surface area contributed by atoms with E-state index < -0.39 is 0 Å². The standard InChI is InChI=1S/C12H13BrO/c13-10-3-4-11-9(6-10)2-1-5-12(11)7-14-8-12/h3-4,6H,1-2,5,7-8H2. The quantitative estimate of drug-likeness (QED) is 0.690. The second-order valence-corrected chi connectivity index (χ2v) is 5.34. The predicted octanol–water partition coefficient (Wildman–Crippen LogP) is 3.05. The number of aryl methyl sites for hydroxylation is 1. The highest BCUT2D eigenvalue weighted by Gasteiger charge is 2.42. The van der Waals surface area contributed by atoms with Crippen molar-refractivity contribution in [3.8, 4) is 0 Å². The summed E-state index contributed by atoms with van der Waals surface area (Å²) in [5.41, 5.74) is 3.45. The molecule has 0 aromatic heterocycles. The van der Waals surface area contributed by atoms with E-state index in [1.54, 1.807) is 5.56 Å². The van der Waals surface area contributed by atoms with Gasteiger partial charge in [-0.25, -0.2) is 0 Å². The number of halogens is 1. The second kappa shape index (κ2) is 3.07. The summed E-state index contributed by atoms with van der Waals surface area (Å²) in [6.07, 6.45) is 3.85. The molecule has 1 aromatic carbocycles. The Kier molecular flexibility index (Phi) is 1.96. The summed E-state index contributed by atoms with van der Waals surface area (Å²) < 4.78 is 6.59. The van der Waals surface area contributed by atoms with Gasteiger partial charge >= 0.3 is 0 Å². The molecule has 0 amide bonds. The van der Waals surface area contributed by atoms with Gasteiger partial charge in [0, 0.05) is 9.89 Å². The zero-order valence-corrected chi connectivity index (χ0v) is 9.64. The van der Waals surface area contributed by atoms with E-state index in [2.05, 4.69) is 34.1 Å². The van der Waals surface area contributed by atoms with Gasteiger partial charge < -0.3 is 4.74 Å². The summed E-state index contributed by atoms with van der Waals surface area (Å²) in [6.45, 7) is 1.86. The van der Waals surface area contributed by atoms with Gasteiger partial charge in [0.05, 0.1) is 13.2 Å². The van der Waals surface area contributed by atoms with Crippen LogP contribution in [0.4, 0.5) is 0 Å². The number of hydrogen-bond acceptors (Lipinski definition) is 1. The highest BCUT2D eigenvalue weighted by atomic mass is 79.9. The normalized spacial score (nSPS) is 22.9. The van der Waals surface area contributed by atoms with E-state index in [9.17, 15) is 0 Å². The Morgan fingerprint density at radius 1 is 1.29 bits per heavy atom. The first-order chi connectivity index (χ1) is 6.80. The van der Waals surface area contributed by atoms with Crippen molar-refractivity contribution in [3.63, 3.8) is 0 Å². The summed E-state index contributed by atoms with van der Waals surface area (Å²) in [6, 6.07) is 6.71. The number of fused-ring (bicyclic) bond motifs is 2. The van der Waals surface area contributed by atoms with Crippen molar-refractivity contribution >= 4 is 15.9 Å². The molecular formula is C12H13BrO. The summed E-state index contributed by atoms with van der Waals surface area (Å²) in [5, 5.41) is 0. The van der Waals surface area contributed by atoms with Crippen LogP contribution in [0, 0.1) is 0 Å². The average molecular weight is 253 g/mol. The average Bonchev–Trinajstić information content (AvgIpc) is 2.13. The third-order valence-electron chi connectivity index (χ3n) is 3.50. The van der Waals surface area contributed by atoms with Crippen LogP contribution >= 0.6 is 15.9 Å². The van der Waals surface area contributed by atoms with Gasteiger partial charge in [-0.05, 0) is 42.5 Å². The van der Waals surface area contributed by atoms with Crippen molar-refractivity contribution < 1.29 is 4.74 Å². The fourth-order valence-corrected chi connectivity index (χ4v) is 3.10. The maximum atomic E-state index is 5.39. The summed E-state index contributed by atoms with van der Waals surface area (Å²) in [4.78, 5) is 0. The third-order valence-corrected chi connectivity index (χ3v) is 3.99. The second-order valence-electron chi connectivity index (χ2n) is 4.43. The first-order valence-electron chi connectivity index (χ1n) is 5.17. The van der Waals surface area contributed by atoms with Gasteiger partial charge in [-0.3, -0.25) is 0 Å². The van der Waals surface area contributed by atoms with Gasteiger partial charge in [0.1, 0.15) is 0 Å². The Bertz CT molecular complexity index is 369. The molecular weight excluding hydrogens is 240 g/mol. The third kappa shape index (κ3) is 1.17. The van der Waals surface area contributed by atoms with E-state index in [1.165, 1.54) is 29.3 Å². The smallest absolute Gasteiger partial charge is 0.0585 e. The van der Waals surface area contributed by atoms with Crippen LogP contribution in [0.1, 0.15) is 24.0 Å². The molecule has 1 aromatic rings. The molecule has 1 saturated heterocycles. The minimum Gasteiger partial charge on any atom is -0.379 e. The highest BCUT2D eigenvalue weighted by molar-refractivity contribution is 9.10. The van der Waals surface area contributed by atoms with Gasteiger partial charge in [0.15, 0.2) is 0 Å². The first kappa shape index (κ1) is 8.93. The van der Waals surface area contributed by atoms with Crippen LogP contribution in [0.25, 0.3) is 0 Å². The molecule has 0 radical (unpaired) electrons. The fourth-order valence-electron chi connectivity index (χ4n) is 2.69. The molecule has 1 fully saturated rings. The molecule has 1 heterocycles. The molecule has 1 spiro atoms. The zero-order chi connectivity index (χ0) is 9.60. The summed E-state index contributed by atoms with van der Waals surface area (Å²) in [5.74, 6) is 0. The molecule has 1 nitrogen and oxygen atoms in total. The number of ether oxygens (including phenoxy) is 1. The summed E-state index contributed by atoms with van der Waals surface area (Å²) >= 11 is 3.54. The lowest BCUT2D eigenvalue weighted by Crippen LogP contribution is -2.48. The van der Waals surface area contributed by atoms with Crippen molar-refractivity contribution in [1.29, 1.82) is 0 Å². The fraction of sp³-hybridized carbons (Fsp3) is 0.500. The van der Waals surface area contributed by atoms with Crippen LogP contribution in [0.5, 0.6) is 0 Å². The van der Waals surface area contributed by atoms with E-state index in [0.29, 0.717) is 5.41 Å². The topological polar surface area (TPSA) is 9.23 Å². The Balaban J connectivity index is 2.10. The van der Waals surface area contributed by atoms with Crippen LogP contribution in [0.15, 0.2) is 22.7 Å². The molecule has 1 aliphatic heterocycles. The number of rotatable bonds is 0. The zero-order valence-electron chi connectivity index (χ0n) is 8.05. The van der Waals surface area contributed by atoms with Crippen LogP contribution < -0.4 is 0 Å². The van der Waals surface area contributed by atoms with Crippen LogP contribution in [-0.4, -0.2) is 13.2 Å². The number of hydrogen-bond donors (Lipinski definition) is 0. The van der Waals surface area contributed by atoms with Crippen LogP contribution in [0.3, 0.4) is 0 Å². The maximum Gasteiger partial charge on any atom is 0.0585 e. The van der Waals surface area contributed by atoms with Gasteiger partial charge in [-0.15, -0.1) is 0 Å². The molecule has 14 heavy (non-hydrogen) atoms. The minimum atomic E-state index is 0.383. The lowest BCUT2D eigenvalue weighted by Gasteiger charge is -2.45.